The second kappa shape index (κ2) is 12.1. The number of nitrogens with zero attached hydrogens (tertiary/aromatic N) is 2. The Bertz CT molecular complexity index is 1530. The molecular formula is C31H34ClF2N3O5. The van der Waals surface area contributed by atoms with Crippen LogP contribution < -0.4 is 5.32 Å². The second-order valence-electron chi connectivity index (χ2n) is 11.2. The lowest BCUT2D eigenvalue weighted by Crippen LogP contribution is -2.54. The highest BCUT2D eigenvalue weighted by Crippen LogP contribution is 2.35. The number of hydrogen-bond acceptors (Lipinski definition) is 5. The molecule has 1 atom stereocenters. The van der Waals surface area contributed by atoms with Crippen molar-refractivity contribution in [2.24, 2.45) is 13.0 Å². The molecule has 2 fully saturated rings. The van der Waals surface area contributed by atoms with E-state index in [-0.39, 0.29) is 16.3 Å². The highest BCUT2D eigenvalue weighted by Gasteiger charge is 2.49. The number of aryl methyl sites for hydroxylation is 1. The molecular weight excluding hydrogens is 568 g/mol. The van der Waals surface area contributed by atoms with Crippen molar-refractivity contribution in [3.8, 4) is 0 Å². The first-order chi connectivity index (χ1) is 20.0. The highest BCUT2D eigenvalue weighted by molar-refractivity contribution is 6.34. The summed E-state index contributed by atoms with van der Waals surface area (Å²) >= 11 is 6.43. The van der Waals surface area contributed by atoms with Crippen LogP contribution in [0.3, 0.4) is 0 Å². The number of aromatic nitrogens is 1. The van der Waals surface area contributed by atoms with Gasteiger partial charge in [0.1, 0.15) is 5.82 Å². The van der Waals surface area contributed by atoms with E-state index < -0.39 is 47.9 Å². The largest absolute Gasteiger partial charge is 0.481 e. The van der Waals surface area contributed by atoms with Gasteiger partial charge in [-0.1, -0.05) is 29.8 Å². The number of anilines is 1. The fourth-order valence-electron chi connectivity index (χ4n) is 6.06. The third-order valence-electron chi connectivity index (χ3n) is 8.57. The molecule has 0 spiro atoms. The lowest BCUT2D eigenvalue weighted by Gasteiger charge is -2.37. The summed E-state index contributed by atoms with van der Waals surface area (Å²) in [5, 5.41) is 12.7. The summed E-state index contributed by atoms with van der Waals surface area (Å²) < 4.78 is 39.5. The Kier molecular flexibility index (Phi) is 8.68. The van der Waals surface area contributed by atoms with Gasteiger partial charge in [0.05, 0.1) is 28.3 Å². The van der Waals surface area contributed by atoms with Gasteiger partial charge in [-0.05, 0) is 69.2 Å². The first-order valence-electron chi connectivity index (χ1n) is 14.2. The van der Waals surface area contributed by atoms with Crippen LogP contribution in [0.1, 0.15) is 60.1 Å². The van der Waals surface area contributed by atoms with Crippen molar-refractivity contribution in [1.82, 2.24) is 9.47 Å². The third kappa shape index (κ3) is 5.80. The molecule has 1 aliphatic heterocycles. The molecule has 0 radical (unpaired) electrons. The number of carboxylic acid groups (broad SMARTS) is 1. The van der Waals surface area contributed by atoms with Gasteiger partial charge in [-0.3, -0.25) is 14.4 Å². The van der Waals surface area contributed by atoms with Crippen LogP contribution in [-0.2, 0) is 27.8 Å². The Hall–Kier alpha value is -3.34. The molecule has 0 bridgehead atoms. The number of carboxylic acids is 1. The van der Waals surface area contributed by atoms with Gasteiger partial charge >= 0.3 is 11.9 Å². The topological polar surface area (TPSA) is 101 Å². The normalized spacial score (nSPS) is 20.9. The molecule has 1 saturated heterocycles. The number of ether oxygens (including phenoxy) is 1. The van der Waals surface area contributed by atoms with E-state index in [2.05, 4.69) is 5.32 Å². The molecule has 3 aromatic rings. The fourth-order valence-corrected chi connectivity index (χ4v) is 6.30. The molecule has 42 heavy (non-hydrogen) atoms. The zero-order valence-corrected chi connectivity index (χ0v) is 24.3. The van der Waals surface area contributed by atoms with E-state index in [0.717, 1.165) is 22.7 Å². The van der Waals surface area contributed by atoms with E-state index in [4.69, 9.17) is 16.3 Å². The number of Topliss-reactive ketones (excluding diaryl/α,β-unsaturated/α-hetero) is 1. The van der Waals surface area contributed by atoms with Crippen LogP contribution in [0.25, 0.3) is 10.9 Å². The highest BCUT2D eigenvalue weighted by atomic mass is 35.5. The van der Waals surface area contributed by atoms with Gasteiger partial charge in [0.15, 0.2) is 0 Å². The van der Waals surface area contributed by atoms with E-state index in [9.17, 15) is 19.5 Å². The number of halogens is 3. The molecule has 1 aliphatic carbocycles. The van der Waals surface area contributed by atoms with Gasteiger partial charge in [0, 0.05) is 43.2 Å². The van der Waals surface area contributed by atoms with Gasteiger partial charge in [0.2, 0.25) is 5.78 Å². The van der Waals surface area contributed by atoms with Crippen molar-refractivity contribution in [3.05, 3.63) is 64.1 Å². The van der Waals surface area contributed by atoms with Gasteiger partial charge in [-0.15, -0.1) is 0 Å². The average molecular weight is 602 g/mol. The molecule has 224 valence electrons. The van der Waals surface area contributed by atoms with Crippen LogP contribution in [0.5, 0.6) is 0 Å². The van der Waals surface area contributed by atoms with Gasteiger partial charge in [-0.25, -0.2) is 9.29 Å². The average Bonchev–Trinajstić information content (AvgIpc) is 3.59. The number of para-hydroxylation sites is 1. The van der Waals surface area contributed by atoms with Crippen LogP contribution in [-0.4, -0.2) is 57.4 Å². The smallest absolute Gasteiger partial charge is 0.330 e. The number of likely N-dealkylation sites (tertiary alicyclic amines) is 1. The maximum atomic E-state index is 16.5. The minimum absolute atomic E-state index is 0.00369. The zero-order valence-electron chi connectivity index (χ0n) is 23.6. The zero-order chi connectivity index (χ0) is 30.2. The first-order valence-corrected chi connectivity index (χ1v) is 14.6. The summed E-state index contributed by atoms with van der Waals surface area (Å²) in [6.45, 7) is 2.44. The summed E-state index contributed by atoms with van der Waals surface area (Å²) in [6, 6.07) is 9.69. The lowest BCUT2D eigenvalue weighted by molar-refractivity contribution is -0.252. The standard InChI is InChI=1S/C31H34ClF2N3O5/c1-18-28(22-7-3-4-8-26(22)36(18)2)29(39)35-25-17-24(33)20(15-23(25)32)16-27(38)31(34,37-13-5-6-14-37)42-21-11-9-19(10-12-21)30(40)41/h3-4,7-8,15,17,19,21H,5-6,9-14,16H2,1-2H3,(H,35,39)(H,40,41). The number of carbonyl (C=O) groups is 3. The number of aliphatic carboxylic acids is 1. The van der Waals surface area contributed by atoms with E-state index in [1.807, 2.05) is 42.8 Å². The molecule has 1 saturated carbocycles. The Morgan fingerprint density at radius 2 is 1.79 bits per heavy atom. The summed E-state index contributed by atoms with van der Waals surface area (Å²) in [4.78, 5) is 39.3. The predicted molar refractivity (Wildman–Crippen MR) is 155 cm³/mol. The molecule has 2 aromatic carbocycles. The molecule has 1 amide bonds. The minimum Gasteiger partial charge on any atom is -0.481 e. The van der Waals surface area contributed by atoms with Gasteiger partial charge in [-0.2, -0.15) is 4.39 Å². The van der Waals surface area contributed by atoms with Gasteiger partial charge < -0.3 is 19.7 Å². The minimum atomic E-state index is -2.77. The molecule has 8 nitrogen and oxygen atoms in total. The van der Waals surface area contributed by atoms with Crippen LogP contribution in [0, 0.1) is 18.7 Å². The van der Waals surface area contributed by atoms with Crippen molar-refractivity contribution in [1.29, 1.82) is 0 Å². The maximum absolute atomic E-state index is 16.5. The van der Waals surface area contributed by atoms with E-state index in [1.54, 1.807) is 0 Å². The van der Waals surface area contributed by atoms with E-state index >= 15 is 8.78 Å². The maximum Gasteiger partial charge on any atom is 0.330 e. The number of ketones is 1. The Labute approximate surface area is 247 Å². The van der Waals surface area contributed by atoms with Crippen molar-refractivity contribution in [3.63, 3.8) is 0 Å². The number of fused-ring (bicyclic) bond motifs is 1. The van der Waals surface area contributed by atoms with Crippen LogP contribution in [0.15, 0.2) is 36.4 Å². The molecule has 2 heterocycles. The van der Waals surface area contributed by atoms with Crippen molar-refractivity contribution < 1.29 is 33.0 Å². The molecule has 1 aromatic heterocycles. The number of nitrogens with one attached hydrogen (secondary N) is 1. The Morgan fingerprint density at radius 3 is 2.45 bits per heavy atom. The summed E-state index contributed by atoms with van der Waals surface area (Å²) in [5.41, 5.74) is 1.94. The van der Waals surface area contributed by atoms with E-state index in [0.29, 0.717) is 57.2 Å². The predicted octanol–water partition coefficient (Wildman–Crippen LogP) is 6.02. The van der Waals surface area contributed by atoms with Crippen LogP contribution in [0.4, 0.5) is 14.5 Å². The number of hydrogen-bond donors (Lipinski definition) is 2. The number of amides is 1. The number of rotatable bonds is 9. The molecule has 1 unspecified atom stereocenters. The Morgan fingerprint density at radius 1 is 1.12 bits per heavy atom. The van der Waals surface area contributed by atoms with Crippen LogP contribution >= 0.6 is 11.6 Å². The van der Waals surface area contributed by atoms with Gasteiger partial charge in [0.25, 0.3) is 5.91 Å². The van der Waals surface area contributed by atoms with E-state index in [1.165, 1.54) is 11.0 Å². The molecule has 2 N–H and O–H groups in total. The fraction of sp³-hybridized carbons (Fsp3) is 0.452. The second-order valence-corrected chi connectivity index (χ2v) is 11.6. The summed E-state index contributed by atoms with van der Waals surface area (Å²) in [6.07, 6.45) is 1.44. The number of carbonyl (C=O) groups excluding carboxylic acids is 2. The quantitative estimate of drug-likeness (QED) is 0.291. The monoisotopic (exact) mass is 601 g/mol. The number of alkyl halides is 1. The third-order valence-corrected chi connectivity index (χ3v) is 8.88. The van der Waals surface area contributed by atoms with Crippen molar-refractivity contribution in [2.45, 2.75) is 64.0 Å². The Balaban J connectivity index is 1.33. The molecule has 11 heteroatoms. The lowest BCUT2D eigenvalue weighted by atomic mass is 9.87. The molecule has 5 rings (SSSR count). The van der Waals surface area contributed by atoms with Crippen LogP contribution in [0.2, 0.25) is 5.02 Å². The first kappa shape index (κ1) is 30.1. The van der Waals surface area contributed by atoms with Crippen molar-refractivity contribution >= 4 is 45.9 Å². The summed E-state index contributed by atoms with van der Waals surface area (Å²) in [5.74, 6) is -6.41. The number of benzene rings is 2. The molecule has 2 aliphatic rings. The summed E-state index contributed by atoms with van der Waals surface area (Å²) in [7, 11) is 1.85. The SMILES string of the molecule is Cc1c(C(=O)Nc2cc(F)c(CC(=O)C(F)(OC3CCC(C(=O)O)CC3)N3CCCC3)cc2Cl)c2ccccc2n1C. The van der Waals surface area contributed by atoms with Crippen molar-refractivity contribution in [2.75, 3.05) is 18.4 Å².